The molecule has 3 heterocycles. The first-order chi connectivity index (χ1) is 20.0. The van der Waals surface area contributed by atoms with Gasteiger partial charge in [-0.25, -0.2) is 0 Å². The molecule has 0 unspecified atom stereocenters. The zero-order valence-electron chi connectivity index (χ0n) is 24.2. The van der Waals surface area contributed by atoms with Gasteiger partial charge in [0.05, 0.1) is 0 Å². The Hall–Kier alpha value is -4.44. The van der Waals surface area contributed by atoms with Crippen LogP contribution in [0.5, 0.6) is 0 Å². The fourth-order valence-corrected chi connectivity index (χ4v) is 7.77. The van der Waals surface area contributed by atoms with E-state index in [9.17, 15) is 0 Å². The third-order valence-electron chi connectivity index (χ3n) is 9.62. The van der Waals surface area contributed by atoms with E-state index >= 15 is 0 Å². The summed E-state index contributed by atoms with van der Waals surface area (Å²) in [5.41, 5.74) is 15.9. The molecule has 0 N–H and O–H groups in total. The van der Waals surface area contributed by atoms with E-state index in [1.807, 2.05) is 0 Å². The zero-order chi connectivity index (χ0) is 27.9. The molecule has 0 aromatic heterocycles. The Labute approximate surface area is 243 Å². The van der Waals surface area contributed by atoms with Gasteiger partial charge in [-0.05, 0) is 96.0 Å². The lowest BCUT2D eigenvalue weighted by Crippen LogP contribution is -2.67. The summed E-state index contributed by atoms with van der Waals surface area (Å²) in [6.45, 7) is 11.5. The van der Waals surface area contributed by atoms with Gasteiger partial charge in [0.2, 0.25) is 0 Å². The predicted molar refractivity (Wildman–Crippen MR) is 176 cm³/mol. The predicted octanol–water partition coefficient (Wildman–Crippen LogP) is 7.25. The summed E-state index contributed by atoms with van der Waals surface area (Å²) in [5, 5.41) is 0. The van der Waals surface area contributed by atoms with Crippen LogP contribution >= 0.6 is 0 Å². The van der Waals surface area contributed by atoms with Crippen molar-refractivity contribution in [3.8, 4) is 0 Å². The summed E-state index contributed by atoms with van der Waals surface area (Å²) in [5.74, 6) is 0. The fraction of sp³-hybridized carbons (Fsp3) is 0.189. The minimum atomic E-state index is -0.149. The van der Waals surface area contributed by atoms with Gasteiger partial charge >= 0.3 is 0 Å². The number of hydrogen-bond donors (Lipinski definition) is 0. The molecule has 5 aromatic rings. The maximum Gasteiger partial charge on any atom is 0.252 e. The quantitative estimate of drug-likeness (QED) is 0.217. The summed E-state index contributed by atoms with van der Waals surface area (Å²) in [4.78, 5) is 7.51. The molecule has 0 atom stereocenters. The molecule has 0 fully saturated rings. The third-order valence-corrected chi connectivity index (χ3v) is 9.62. The van der Waals surface area contributed by atoms with Crippen LogP contribution in [0, 0.1) is 0 Å². The van der Waals surface area contributed by atoms with Crippen molar-refractivity contribution in [2.75, 3.05) is 27.8 Å². The lowest BCUT2D eigenvalue weighted by atomic mass is 9.28. The maximum atomic E-state index is 2.53. The van der Waals surface area contributed by atoms with Gasteiger partial charge in [-0.3, -0.25) is 0 Å². The van der Waals surface area contributed by atoms with Crippen LogP contribution in [0.2, 0.25) is 0 Å². The zero-order valence-corrected chi connectivity index (χ0v) is 24.2. The molecule has 3 aliphatic heterocycles. The van der Waals surface area contributed by atoms with Crippen molar-refractivity contribution < 1.29 is 0 Å². The van der Waals surface area contributed by atoms with Crippen LogP contribution in [0.4, 0.5) is 39.8 Å². The summed E-state index contributed by atoms with van der Waals surface area (Å²) in [7, 11) is 0. The molecule has 0 aliphatic carbocycles. The van der Waals surface area contributed by atoms with Crippen molar-refractivity contribution in [2.24, 2.45) is 0 Å². The molecule has 0 radical (unpaired) electrons. The first-order valence-corrected chi connectivity index (χ1v) is 14.9. The molecule has 3 nitrogen and oxygen atoms in total. The molecular weight excluding hydrogens is 497 g/mol. The number of para-hydroxylation sites is 2. The van der Waals surface area contributed by atoms with Crippen LogP contribution in [-0.4, -0.2) is 19.8 Å². The van der Waals surface area contributed by atoms with Gasteiger partial charge < -0.3 is 14.7 Å². The van der Waals surface area contributed by atoms with E-state index in [-0.39, 0.29) is 12.1 Å². The Bertz CT molecular complexity index is 1810. The molecule has 3 aliphatic rings. The molecular formula is C37H34BN3. The molecule has 4 heteroatoms. The molecule has 0 amide bonds. The van der Waals surface area contributed by atoms with E-state index in [2.05, 4.69) is 152 Å². The van der Waals surface area contributed by atoms with Crippen molar-refractivity contribution in [1.82, 2.24) is 0 Å². The van der Waals surface area contributed by atoms with Crippen molar-refractivity contribution in [2.45, 2.75) is 33.1 Å². The van der Waals surface area contributed by atoms with Crippen LogP contribution in [-0.2, 0) is 5.41 Å². The lowest BCUT2D eigenvalue weighted by molar-refractivity contribution is 0.645. The summed E-state index contributed by atoms with van der Waals surface area (Å²) < 4.78 is 0. The Morgan fingerprint density at radius 3 is 1.66 bits per heavy atom. The first-order valence-electron chi connectivity index (χ1n) is 14.9. The lowest BCUT2D eigenvalue weighted by Gasteiger charge is -2.50. The van der Waals surface area contributed by atoms with Crippen molar-refractivity contribution in [3.05, 3.63) is 120 Å². The maximum absolute atomic E-state index is 2.53. The van der Waals surface area contributed by atoms with Crippen LogP contribution in [0.25, 0.3) is 0 Å². The second-order valence-electron chi connectivity index (χ2n) is 11.9. The summed E-state index contributed by atoms with van der Waals surface area (Å²) in [6, 6.07) is 40.6. The van der Waals surface area contributed by atoms with Gasteiger partial charge in [0.25, 0.3) is 6.71 Å². The number of benzene rings is 5. The molecule has 200 valence electrons. The van der Waals surface area contributed by atoms with E-state index in [4.69, 9.17) is 0 Å². The van der Waals surface area contributed by atoms with E-state index in [0.717, 1.165) is 13.1 Å². The van der Waals surface area contributed by atoms with E-state index < -0.39 is 0 Å². The van der Waals surface area contributed by atoms with Crippen molar-refractivity contribution in [3.63, 3.8) is 0 Å². The smallest absolute Gasteiger partial charge is 0.252 e. The standard InChI is InChI=1S/C37H34BN3/c1-5-39(6-2)27-23-29-35-33(24-27)41(26-17-11-8-12-18-26)32-22-14-21-31-36(32)38(35)34-28(37(29,3)4)19-13-20-30(34)40(31)25-15-9-7-10-16-25/h7-24H,5-6H2,1-4H3. The monoisotopic (exact) mass is 531 g/mol. The highest BCUT2D eigenvalue weighted by molar-refractivity contribution is 7.01. The molecule has 41 heavy (non-hydrogen) atoms. The fourth-order valence-electron chi connectivity index (χ4n) is 7.77. The van der Waals surface area contributed by atoms with Crippen LogP contribution in [0.15, 0.2) is 109 Å². The topological polar surface area (TPSA) is 9.72 Å². The number of nitrogens with zero attached hydrogens (tertiary/aromatic N) is 3. The second kappa shape index (κ2) is 8.78. The SMILES string of the molecule is CCN(CC)c1cc2c3c(c1)C(C)(C)c1cccc4c1B3c1c(cccc1N2c1ccccc1)N4c1ccccc1. The summed E-state index contributed by atoms with van der Waals surface area (Å²) >= 11 is 0. The van der Waals surface area contributed by atoms with Gasteiger partial charge in [0.15, 0.2) is 0 Å². The Kier molecular flexibility index (Phi) is 5.22. The average Bonchev–Trinajstić information content (AvgIpc) is 3.01. The second-order valence-corrected chi connectivity index (χ2v) is 11.9. The molecule has 0 bridgehead atoms. The highest BCUT2D eigenvalue weighted by atomic mass is 15.2. The van der Waals surface area contributed by atoms with Crippen molar-refractivity contribution >= 4 is 62.9 Å². The van der Waals surface area contributed by atoms with Gasteiger partial charge in [-0.1, -0.05) is 68.4 Å². The van der Waals surface area contributed by atoms with E-state index in [1.165, 1.54) is 67.3 Å². The molecule has 0 saturated carbocycles. The number of hydrogen-bond acceptors (Lipinski definition) is 3. The third kappa shape index (κ3) is 3.22. The highest BCUT2D eigenvalue weighted by Crippen LogP contribution is 2.49. The normalized spacial score (nSPS) is 15.1. The molecule has 8 rings (SSSR count). The largest absolute Gasteiger partial charge is 0.372 e. The minimum absolute atomic E-state index is 0.149. The van der Waals surface area contributed by atoms with Gasteiger partial charge in [-0.15, -0.1) is 0 Å². The molecule has 0 saturated heterocycles. The van der Waals surface area contributed by atoms with Gasteiger partial charge in [0, 0.05) is 58.3 Å². The summed E-state index contributed by atoms with van der Waals surface area (Å²) in [6.07, 6.45) is 0. The van der Waals surface area contributed by atoms with Crippen LogP contribution in [0.1, 0.15) is 38.8 Å². The molecule has 0 spiro atoms. The number of rotatable bonds is 5. The minimum Gasteiger partial charge on any atom is -0.372 e. The van der Waals surface area contributed by atoms with Gasteiger partial charge in [-0.2, -0.15) is 0 Å². The molecule has 5 aromatic carbocycles. The van der Waals surface area contributed by atoms with Crippen LogP contribution < -0.4 is 31.1 Å². The Morgan fingerprint density at radius 2 is 1.07 bits per heavy atom. The number of anilines is 7. The highest BCUT2D eigenvalue weighted by Gasteiger charge is 2.51. The van der Waals surface area contributed by atoms with E-state index in [0.29, 0.717) is 0 Å². The first kappa shape index (κ1) is 24.4. The van der Waals surface area contributed by atoms with Gasteiger partial charge in [0.1, 0.15) is 0 Å². The van der Waals surface area contributed by atoms with Crippen molar-refractivity contribution in [1.29, 1.82) is 0 Å². The van der Waals surface area contributed by atoms with Crippen LogP contribution in [0.3, 0.4) is 0 Å². The average molecular weight is 532 g/mol. The Balaban J connectivity index is 1.53. The van der Waals surface area contributed by atoms with E-state index in [1.54, 1.807) is 0 Å². The Morgan fingerprint density at radius 1 is 0.561 bits per heavy atom.